The molecular formula is C54H35N3O3. The van der Waals surface area contributed by atoms with Crippen LogP contribution in [0.15, 0.2) is 213 Å². The number of anilines is 5. The molecule has 12 rings (SSSR count). The highest BCUT2D eigenvalue weighted by Crippen LogP contribution is 2.43. The molecule has 0 N–H and O–H groups in total. The number of benzene rings is 9. The van der Waals surface area contributed by atoms with E-state index in [0.29, 0.717) is 12.4 Å². The molecule has 0 saturated heterocycles. The Labute approximate surface area is 344 Å². The Hall–Kier alpha value is -8.09. The van der Waals surface area contributed by atoms with Gasteiger partial charge >= 0.3 is 0 Å². The van der Waals surface area contributed by atoms with E-state index < -0.39 is 0 Å². The zero-order valence-electron chi connectivity index (χ0n) is 32.3. The van der Waals surface area contributed by atoms with Gasteiger partial charge in [-0.1, -0.05) is 97.1 Å². The molecule has 9 aromatic carbocycles. The predicted octanol–water partition coefficient (Wildman–Crippen LogP) is 15.3. The number of rotatable bonds is 8. The number of aromatic nitrogens is 1. The topological polar surface area (TPSA) is 58.8 Å². The van der Waals surface area contributed by atoms with Crippen molar-refractivity contribution >= 4 is 94.2 Å². The van der Waals surface area contributed by atoms with E-state index in [0.717, 1.165) is 105 Å². The summed E-state index contributed by atoms with van der Waals surface area (Å²) >= 11 is 0. The van der Waals surface area contributed by atoms with Gasteiger partial charge in [-0.05, 0) is 114 Å². The average molecular weight is 774 g/mol. The summed E-state index contributed by atoms with van der Waals surface area (Å²) in [7, 11) is 0. The van der Waals surface area contributed by atoms with Crippen molar-refractivity contribution in [2.75, 3.05) is 9.80 Å². The maximum Gasteiger partial charge on any atom is 0.227 e. The van der Waals surface area contributed by atoms with Crippen LogP contribution in [0.4, 0.5) is 28.4 Å². The van der Waals surface area contributed by atoms with Gasteiger partial charge in [0.05, 0.1) is 0 Å². The van der Waals surface area contributed by atoms with Gasteiger partial charge in [-0.25, -0.2) is 4.98 Å². The predicted molar refractivity (Wildman–Crippen MR) is 245 cm³/mol. The SMILES string of the molecule is c1ccc(-c2nc3ccc4cc(N(c5ccccc5)c5ccc6oc7ccccc7c6c5)cc(CN(c5ccccc5)c5ccc6oc7ccccc7c6c5)c4c3o2)cc1. The van der Waals surface area contributed by atoms with E-state index in [1.54, 1.807) is 0 Å². The molecule has 0 radical (unpaired) electrons. The highest BCUT2D eigenvalue weighted by Gasteiger charge is 2.23. The first-order chi connectivity index (χ1) is 29.7. The molecule has 0 fully saturated rings. The fraction of sp³-hybridized carbons (Fsp3) is 0.0185. The molecule has 60 heavy (non-hydrogen) atoms. The molecule has 0 aliphatic rings. The Morgan fingerprint density at radius 1 is 0.400 bits per heavy atom. The minimum atomic E-state index is 0.532. The van der Waals surface area contributed by atoms with Crippen LogP contribution in [-0.4, -0.2) is 4.98 Å². The molecule has 0 atom stereocenters. The molecule has 0 amide bonds. The quantitative estimate of drug-likeness (QED) is 0.153. The van der Waals surface area contributed by atoms with Crippen LogP contribution in [0.3, 0.4) is 0 Å². The lowest BCUT2D eigenvalue weighted by molar-refractivity contribution is 0.622. The maximum atomic E-state index is 6.78. The number of oxazole rings is 1. The first-order valence-electron chi connectivity index (χ1n) is 20.1. The highest BCUT2D eigenvalue weighted by atomic mass is 16.3. The molecule has 0 spiro atoms. The van der Waals surface area contributed by atoms with Gasteiger partial charge in [-0.3, -0.25) is 0 Å². The first kappa shape index (κ1) is 34.0. The summed E-state index contributed by atoms with van der Waals surface area (Å²) in [6, 6.07) is 69.5. The van der Waals surface area contributed by atoms with E-state index in [9.17, 15) is 0 Å². The second-order valence-corrected chi connectivity index (χ2v) is 15.2. The standard InChI is InChI=1S/C54H35N3O3/c1-4-14-35(15-5-1)54-55-47-27-24-36-30-42(57(39-18-8-3-9-19-39)41-26-29-51-46(33-41)44-21-11-13-23-49(44)59-51)31-37(52(36)53(47)60-54)34-56(38-16-6-2-7-17-38)40-25-28-50-45(32-40)43-20-10-12-22-48(43)58-50/h1-33H,34H2. The summed E-state index contributed by atoms with van der Waals surface area (Å²) in [5.74, 6) is 0.594. The van der Waals surface area contributed by atoms with Crippen molar-refractivity contribution in [3.05, 3.63) is 206 Å². The van der Waals surface area contributed by atoms with Crippen molar-refractivity contribution in [3.8, 4) is 11.5 Å². The van der Waals surface area contributed by atoms with Crippen LogP contribution in [-0.2, 0) is 6.54 Å². The number of furan rings is 2. The fourth-order valence-electron chi connectivity index (χ4n) is 8.74. The first-order valence-corrected chi connectivity index (χ1v) is 20.1. The van der Waals surface area contributed by atoms with Crippen LogP contribution in [0.5, 0.6) is 0 Å². The molecule has 284 valence electrons. The van der Waals surface area contributed by atoms with Gasteiger partial charge in [-0.15, -0.1) is 0 Å². The van der Waals surface area contributed by atoms with Crippen molar-refractivity contribution in [1.82, 2.24) is 4.98 Å². The molecule has 6 heteroatoms. The van der Waals surface area contributed by atoms with E-state index >= 15 is 0 Å². The minimum Gasteiger partial charge on any atom is -0.456 e. The summed E-state index contributed by atoms with van der Waals surface area (Å²) in [6.07, 6.45) is 0. The van der Waals surface area contributed by atoms with E-state index in [1.807, 2.05) is 54.6 Å². The largest absolute Gasteiger partial charge is 0.456 e. The second kappa shape index (κ2) is 13.8. The van der Waals surface area contributed by atoms with Gasteiger partial charge in [0.1, 0.15) is 27.8 Å². The molecule has 12 aromatic rings. The van der Waals surface area contributed by atoms with Crippen LogP contribution in [0.1, 0.15) is 5.56 Å². The number of para-hydroxylation sites is 4. The number of hydrogen-bond donors (Lipinski definition) is 0. The third kappa shape index (κ3) is 5.69. The van der Waals surface area contributed by atoms with Crippen molar-refractivity contribution in [2.45, 2.75) is 6.54 Å². The zero-order valence-corrected chi connectivity index (χ0v) is 32.3. The summed E-state index contributed by atoms with van der Waals surface area (Å²) in [5.41, 5.74) is 12.2. The van der Waals surface area contributed by atoms with E-state index in [4.69, 9.17) is 18.2 Å². The molecule has 0 saturated carbocycles. The van der Waals surface area contributed by atoms with Crippen molar-refractivity contribution < 1.29 is 13.3 Å². The summed E-state index contributed by atoms with van der Waals surface area (Å²) in [6.45, 7) is 0.532. The van der Waals surface area contributed by atoms with E-state index in [2.05, 4.69) is 155 Å². The lowest BCUT2D eigenvalue weighted by Gasteiger charge is -2.29. The maximum absolute atomic E-state index is 6.78. The molecule has 0 unspecified atom stereocenters. The van der Waals surface area contributed by atoms with Crippen molar-refractivity contribution in [1.29, 1.82) is 0 Å². The van der Waals surface area contributed by atoms with Crippen LogP contribution in [0.2, 0.25) is 0 Å². The molecule has 0 aliphatic carbocycles. The Morgan fingerprint density at radius 2 is 0.967 bits per heavy atom. The van der Waals surface area contributed by atoms with Crippen LogP contribution in [0, 0.1) is 0 Å². The lowest BCUT2D eigenvalue weighted by atomic mass is 9.99. The van der Waals surface area contributed by atoms with E-state index in [1.165, 1.54) is 0 Å². The molecule has 6 nitrogen and oxygen atoms in total. The minimum absolute atomic E-state index is 0.532. The smallest absolute Gasteiger partial charge is 0.227 e. The van der Waals surface area contributed by atoms with Crippen LogP contribution >= 0.6 is 0 Å². The van der Waals surface area contributed by atoms with Gasteiger partial charge in [0.15, 0.2) is 5.58 Å². The summed E-state index contributed by atoms with van der Waals surface area (Å²) in [4.78, 5) is 9.73. The van der Waals surface area contributed by atoms with Crippen molar-refractivity contribution in [3.63, 3.8) is 0 Å². The Balaban J connectivity index is 1.10. The number of nitrogens with zero attached hydrogens (tertiary/aromatic N) is 3. The third-order valence-corrected chi connectivity index (χ3v) is 11.5. The number of fused-ring (bicyclic) bond motifs is 9. The molecule has 0 aliphatic heterocycles. The third-order valence-electron chi connectivity index (χ3n) is 11.5. The molecule has 3 aromatic heterocycles. The lowest BCUT2D eigenvalue weighted by Crippen LogP contribution is -2.17. The average Bonchev–Trinajstić information content (AvgIpc) is 4.02. The van der Waals surface area contributed by atoms with Gasteiger partial charge < -0.3 is 23.1 Å². The van der Waals surface area contributed by atoms with Crippen LogP contribution in [0.25, 0.3) is 77.2 Å². The Kier molecular flexibility index (Phi) is 7.81. The van der Waals surface area contributed by atoms with Crippen LogP contribution < -0.4 is 9.80 Å². The van der Waals surface area contributed by atoms with Gasteiger partial charge in [0.2, 0.25) is 5.89 Å². The zero-order chi connectivity index (χ0) is 39.6. The fourth-order valence-corrected chi connectivity index (χ4v) is 8.74. The Bertz CT molecular complexity index is 3530. The highest BCUT2D eigenvalue weighted by molar-refractivity contribution is 6.10. The normalized spacial score (nSPS) is 11.7. The van der Waals surface area contributed by atoms with Gasteiger partial charge in [-0.2, -0.15) is 0 Å². The Morgan fingerprint density at radius 3 is 1.65 bits per heavy atom. The number of hydrogen-bond acceptors (Lipinski definition) is 6. The molecular weight excluding hydrogens is 739 g/mol. The molecule has 3 heterocycles. The van der Waals surface area contributed by atoms with Gasteiger partial charge in [0, 0.05) is 67.5 Å². The summed E-state index contributed by atoms with van der Waals surface area (Å²) < 4.78 is 19.3. The van der Waals surface area contributed by atoms with Crippen molar-refractivity contribution in [2.24, 2.45) is 0 Å². The van der Waals surface area contributed by atoms with Gasteiger partial charge in [0.25, 0.3) is 0 Å². The summed E-state index contributed by atoms with van der Waals surface area (Å²) in [5, 5.41) is 6.39. The van der Waals surface area contributed by atoms with E-state index in [-0.39, 0.29) is 0 Å². The monoisotopic (exact) mass is 773 g/mol. The molecule has 0 bridgehead atoms. The second-order valence-electron chi connectivity index (χ2n) is 15.2.